The van der Waals surface area contributed by atoms with Crippen LogP contribution in [0.1, 0.15) is 32.6 Å². The van der Waals surface area contributed by atoms with Gasteiger partial charge in [-0.15, -0.1) is 0 Å². The van der Waals surface area contributed by atoms with E-state index in [0.29, 0.717) is 6.61 Å². The molecule has 0 heterocycles. The standard InChI is InChI=1S/C8H16N2O2/c1-2-3-4-5-6-12-8(11)10-7-9/h7H,2-6H2,1H3,(H2,9,10,11). The van der Waals surface area contributed by atoms with Crippen molar-refractivity contribution in [2.45, 2.75) is 32.6 Å². The van der Waals surface area contributed by atoms with Crippen LogP contribution in [-0.2, 0) is 4.74 Å². The fraction of sp³-hybridized carbons (Fsp3) is 0.750. The highest BCUT2D eigenvalue weighted by molar-refractivity contribution is 5.80. The summed E-state index contributed by atoms with van der Waals surface area (Å²) < 4.78 is 4.73. The van der Waals surface area contributed by atoms with Gasteiger partial charge in [-0.05, 0) is 6.42 Å². The molecule has 0 aliphatic heterocycles. The molecule has 0 rings (SSSR count). The Bertz CT molecular complexity index is 137. The number of ether oxygens (including phenoxy) is 1. The van der Waals surface area contributed by atoms with Gasteiger partial charge in [-0.1, -0.05) is 26.2 Å². The van der Waals surface area contributed by atoms with Crippen LogP contribution in [0.25, 0.3) is 0 Å². The molecule has 4 nitrogen and oxygen atoms in total. The molecule has 0 atom stereocenters. The fourth-order valence-electron chi connectivity index (χ4n) is 0.794. The van der Waals surface area contributed by atoms with E-state index < -0.39 is 6.09 Å². The highest BCUT2D eigenvalue weighted by Crippen LogP contribution is 1.98. The number of rotatable bonds is 6. The Hall–Kier alpha value is -1.06. The molecule has 0 bridgehead atoms. The second kappa shape index (κ2) is 8.04. The van der Waals surface area contributed by atoms with Crippen LogP contribution in [-0.4, -0.2) is 19.0 Å². The average Bonchev–Trinajstić information content (AvgIpc) is 2.05. The topological polar surface area (TPSA) is 62.2 Å². The van der Waals surface area contributed by atoms with Crippen LogP contribution >= 0.6 is 0 Å². The molecule has 0 fully saturated rings. The maximum absolute atomic E-state index is 10.6. The van der Waals surface area contributed by atoms with Gasteiger partial charge in [-0.3, -0.25) is 10.7 Å². The lowest BCUT2D eigenvalue weighted by Crippen LogP contribution is -2.22. The smallest absolute Gasteiger partial charge is 0.412 e. The Labute approximate surface area is 72.8 Å². The highest BCUT2D eigenvalue weighted by Gasteiger charge is 1.96. The van der Waals surface area contributed by atoms with Crippen molar-refractivity contribution in [1.82, 2.24) is 5.32 Å². The molecular formula is C8H16N2O2. The van der Waals surface area contributed by atoms with Gasteiger partial charge in [0.25, 0.3) is 0 Å². The number of alkyl carbamates (subject to hydrolysis) is 1. The summed E-state index contributed by atoms with van der Waals surface area (Å²) in [5.74, 6) is 0. The van der Waals surface area contributed by atoms with Gasteiger partial charge >= 0.3 is 6.09 Å². The average molecular weight is 172 g/mol. The number of hydrogen-bond acceptors (Lipinski definition) is 3. The van der Waals surface area contributed by atoms with Crippen LogP contribution in [0.2, 0.25) is 0 Å². The van der Waals surface area contributed by atoms with Gasteiger partial charge < -0.3 is 4.74 Å². The van der Waals surface area contributed by atoms with Crippen molar-refractivity contribution >= 4 is 12.4 Å². The van der Waals surface area contributed by atoms with Gasteiger partial charge in [0, 0.05) is 0 Å². The third kappa shape index (κ3) is 7.05. The number of unbranched alkanes of at least 4 members (excludes halogenated alkanes) is 3. The molecule has 0 aromatic carbocycles. The molecule has 0 saturated carbocycles. The predicted molar refractivity (Wildman–Crippen MR) is 47.4 cm³/mol. The summed E-state index contributed by atoms with van der Waals surface area (Å²) in [6, 6.07) is 0. The fourth-order valence-corrected chi connectivity index (χ4v) is 0.794. The van der Waals surface area contributed by atoms with Gasteiger partial charge in [0.15, 0.2) is 0 Å². The Morgan fingerprint density at radius 3 is 2.83 bits per heavy atom. The Kier molecular flexibility index (Phi) is 7.33. The number of hydrogen-bond donors (Lipinski definition) is 2. The van der Waals surface area contributed by atoms with E-state index in [2.05, 4.69) is 12.2 Å². The lowest BCUT2D eigenvalue weighted by atomic mass is 10.2. The Morgan fingerprint density at radius 2 is 2.25 bits per heavy atom. The van der Waals surface area contributed by atoms with Crippen LogP contribution in [0.4, 0.5) is 4.79 Å². The maximum atomic E-state index is 10.6. The minimum Gasteiger partial charge on any atom is -0.449 e. The summed E-state index contributed by atoms with van der Waals surface area (Å²) in [6.45, 7) is 2.57. The van der Waals surface area contributed by atoms with Gasteiger partial charge in [0.05, 0.1) is 12.9 Å². The monoisotopic (exact) mass is 172 g/mol. The summed E-state index contributed by atoms with van der Waals surface area (Å²) >= 11 is 0. The summed E-state index contributed by atoms with van der Waals surface area (Å²) in [5.41, 5.74) is 0. The molecule has 4 heteroatoms. The second-order valence-electron chi connectivity index (χ2n) is 2.49. The third-order valence-corrected chi connectivity index (χ3v) is 1.42. The summed E-state index contributed by atoms with van der Waals surface area (Å²) in [7, 11) is 0. The molecule has 0 aliphatic carbocycles. The van der Waals surface area contributed by atoms with Crippen molar-refractivity contribution in [2.24, 2.45) is 0 Å². The summed E-state index contributed by atoms with van der Waals surface area (Å²) in [4.78, 5) is 10.6. The molecule has 0 spiro atoms. The molecule has 70 valence electrons. The molecule has 2 N–H and O–H groups in total. The maximum Gasteiger partial charge on any atom is 0.412 e. The third-order valence-electron chi connectivity index (χ3n) is 1.42. The highest BCUT2D eigenvalue weighted by atomic mass is 16.5. The number of amides is 1. The quantitative estimate of drug-likeness (QED) is 0.365. The van der Waals surface area contributed by atoms with Crippen molar-refractivity contribution in [3.8, 4) is 0 Å². The van der Waals surface area contributed by atoms with E-state index in [-0.39, 0.29) is 0 Å². The summed E-state index contributed by atoms with van der Waals surface area (Å²) in [6.07, 6.45) is 4.62. The largest absolute Gasteiger partial charge is 0.449 e. The van der Waals surface area contributed by atoms with E-state index in [9.17, 15) is 4.79 Å². The molecule has 0 saturated heterocycles. The van der Waals surface area contributed by atoms with E-state index in [0.717, 1.165) is 19.2 Å². The molecule has 0 aliphatic rings. The van der Waals surface area contributed by atoms with Crippen LogP contribution in [0, 0.1) is 5.41 Å². The molecular weight excluding hydrogens is 156 g/mol. The molecule has 12 heavy (non-hydrogen) atoms. The van der Waals surface area contributed by atoms with E-state index in [1.54, 1.807) is 0 Å². The van der Waals surface area contributed by atoms with E-state index in [4.69, 9.17) is 10.1 Å². The van der Waals surface area contributed by atoms with Gasteiger partial charge in [0.1, 0.15) is 0 Å². The first-order valence-corrected chi connectivity index (χ1v) is 4.23. The van der Waals surface area contributed by atoms with E-state index in [1.807, 2.05) is 0 Å². The van der Waals surface area contributed by atoms with Gasteiger partial charge in [-0.2, -0.15) is 0 Å². The number of carbonyl (C=O) groups excluding carboxylic acids is 1. The lowest BCUT2D eigenvalue weighted by Gasteiger charge is -2.02. The predicted octanol–water partition coefficient (Wildman–Crippen LogP) is 1.90. The van der Waals surface area contributed by atoms with Crippen molar-refractivity contribution in [1.29, 1.82) is 5.41 Å². The Balaban J connectivity index is 3.08. The molecule has 1 amide bonds. The van der Waals surface area contributed by atoms with Crippen molar-refractivity contribution in [2.75, 3.05) is 6.61 Å². The Morgan fingerprint density at radius 1 is 1.50 bits per heavy atom. The zero-order chi connectivity index (χ0) is 9.23. The first-order valence-electron chi connectivity index (χ1n) is 4.23. The first kappa shape index (κ1) is 10.9. The summed E-state index contributed by atoms with van der Waals surface area (Å²) in [5, 5.41) is 8.66. The van der Waals surface area contributed by atoms with Crippen molar-refractivity contribution < 1.29 is 9.53 Å². The zero-order valence-electron chi connectivity index (χ0n) is 7.43. The van der Waals surface area contributed by atoms with Crippen molar-refractivity contribution in [3.63, 3.8) is 0 Å². The minimum absolute atomic E-state index is 0.444. The minimum atomic E-state index is -0.540. The number of carbonyl (C=O) groups is 1. The van der Waals surface area contributed by atoms with Crippen molar-refractivity contribution in [3.05, 3.63) is 0 Å². The first-order chi connectivity index (χ1) is 5.81. The van der Waals surface area contributed by atoms with Crippen LogP contribution in [0.3, 0.4) is 0 Å². The zero-order valence-corrected chi connectivity index (χ0v) is 7.43. The van der Waals surface area contributed by atoms with E-state index >= 15 is 0 Å². The van der Waals surface area contributed by atoms with Crippen LogP contribution in [0.5, 0.6) is 0 Å². The van der Waals surface area contributed by atoms with Gasteiger partial charge in [-0.25, -0.2) is 4.79 Å². The van der Waals surface area contributed by atoms with Gasteiger partial charge in [0.2, 0.25) is 0 Å². The molecule has 0 aromatic rings. The van der Waals surface area contributed by atoms with Crippen LogP contribution < -0.4 is 5.32 Å². The molecule has 0 radical (unpaired) electrons. The molecule has 0 aromatic heterocycles. The SMILES string of the molecule is CCCCCCOC(=O)NC=N. The normalized spacial score (nSPS) is 9.08. The molecule has 0 unspecified atom stereocenters. The lowest BCUT2D eigenvalue weighted by molar-refractivity contribution is 0.149. The second-order valence-corrected chi connectivity index (χ2v) is 2.49. The van der Waals surface area contributed by atoms with Crippen LogP contribution in [0.15, 0.2) is 0 Å². The number of nitrogens with one attached hydrogen (secondary N) is 2. The van der Waals surface area contributed by atoms with E-state index in [1.165, 1.54) is 12.8 Å².